The minimum absolute atomic E-state index is 0.0666. The van der Waals surface area contributed by atoms with Gasteiger partial charge < -0.3 is 5.32 Å². The SMILES string of the molecule is FC(F)c1cccc(CNc2cccc(I)c2)c1. The Morgan fingerprint density at radius 2 is 1.83 bits per heavy atom. The zero-order chi connectivity index (χ0) is 13.0. The second-order valence-corrected chi connectivity index (χ2v) is 5.16. The quantitative estimate of drug-likeness (QED) is 0.771. The summed E-state index contributed by atoms with van der Waals surface area (Å²) < 4.78 is 26.2. The van der Waals surface area contributed by atoms with E-state index in [-0.39, 0.29) is 5.56 Å². The summed E-state index contributed by atoms with van der Waals surface area (Å²) in [6.45, 7) is 0.542. The van der Waals surface area contributed by atoms with E-state index in [9.17, 15) is 8.78 Å². The first-order valence-corrected chi connectivity index (χ1v) is 6.59. The summed E-state index contributed by atoms with van der Waals surface area (Å²) in [6, 6.07) is 14.4. The molecule has 2 aromatic carbocycles. The zero-order valence-corrected chi connectivity index (χ0v) is 11.7. The monoisotopic (exact) mass is 359 g/mol. The van der Waals surface area contributed by atoms with Gasteiger partial charge in [0, 0.05) is 21.4 Å². The van der Waals surface area contributed by atoms with Crippen LogP contribution in [0.5, 0.6) is 0 Å². The summed E-state index contributed by atoms with van der Waals surface area (Å²) in [4.78, 5) is 0. The summed E-state index contributed by atoms with van der Waals surface area (Å²) >= 11 is 2.23. The molecule has 0 saturated heterocycles. The van der Waals surface area contributed by atoms with E-state index >= 15 is 0 Å². The van der Waals surface area contributed by atoms with Crippen LogP contribution in [0.3, 0.4) is 0 Å². The number of nitrogens with one attached hydrogen (secondary N) is 1. The van der Waals surface area contributed by atoms with Crippen molar-refractivity contribution in [3.05, 3.63) is 63.2 Å². The molecule has 0 bridgehead atoms. The lowest BCUT2D eigenvalue weighted by Crippen LogP contribution is -2.00. The Morgan fingerprint density at radius 3 is 2.56 bits per heavy atom. The van der Waals surface area contributed by atoms with Gasteiger partial charge in [-0.05, 0) is 52.4 Å². The molecule has 4 heteroatoms. The molecule has 0 aromatic heterocycles. The van der Waals surface area contributed by atoms with Crippen molar-refractivity contribution in [3.63, 3.8) is 0 Å². The largest absolute Gasteiger partial charge is 0.381 e. The molecule has 0 saturated carbocycles. The van der Waals surface area contributed by atoms with Crippen LogP contribution in [0.4, 0.5) is 14.5 Å². The molecule has 0 heterocycles. The highest BCUT2D eigenvalue weighted by Gasteiger charge is 2.06. The maximum Gasteiger partial charge on any atom is 0.263 e. The van der Waals surface area contributed by atoms with Gasteiger partial charge in [0.2, 0.25) is 0 Å². The van der Waals surface area contributed by atoms with Crippen LogP contribution < -0.4 is 5.32 Å². The minimum Gasteiger partial charge on any atom is -0.381 e. The van der Waals surface area contributed by atoms with Gasteiger partial charge in [-0.1, -0.05) is 24.3 Å². The molecule has 0 aliphatic heterocycles. The molecule has 1 nitrogen and oxygen atoms in total. The first-order valence-electron chi connectivity index (χ1n) is 5.51. The van der Waals surface area contributed by atoms with Crippen LogP contribution >= 0.6 is 22.6 Å². The van der Waals surface area contributed by atoms with Crippen LogP contribution in [0.2, 0.25) is 0 Å². The molecule has 1 N–H and O–H groups in total. The summed E-state index contributed by atoms with van der Waals surface area (Å²) in [7, 11) is 0. The molecule has 2 rings (SSSR count). The molecule has 94 valence electrons. The van der Waals surface area contributed by atoms with Crippen molar-refractivity contribution in [1.29, 1.82) is 0 Å². The Balaban J connectivity index is 2.04. The maximum absolute atomic E-state index is 12.5. The van der Waals surface area contributed by atoms with Crippen molar-refractivity contribution in [1.82, 2.24) is 0 Å². The maximum atomic E-state index is 12.5. The van der Waals surface area contributed by atoms with Crippen LogP contribution in [0.1, 0.15) is 17.6 Å². The third-order valence-electron chi connectivity index (χ3n) is 2.52. The van der Waals surface area contributed by atoms with E-state index in [1.165, 1.54) is 12.1 Å². The highest BCUT2D eigenvalue weighted by Crippen LogP contribution is 2.20. The predicted molar refractivity (Wildman–Crippen MR) is 77.9 cm³/mol. The van der Waals surface area contributed by atoms with Crippen molar-refractivity contribution in [3.8, 4) is 0 Å². The Morgan fingerprint density at radius 1 is 1.06 bits per heavy atom. The molecular weight excluding hydrogens is 347 g/mol. The van der Waals surface area contributed by atoms with Gasteiger partial charge in [-0.15, -0.1) is 0 Å². The van der Waals surface area contributed by atoms with E-state index < -0.39 is 6.43 Å². The van der Waals surface area contributed by atoms with Crippen molar-refractivity contribution in [2.75, 3.05) is 5.32 Å². The number of alkyl halides is 2. The fourth-order valence-corrected chi connectivity index (χ4v) is 2.18. The van der Waals surface area contributed by atoms with Gasteiger partial charge in [0.05, 0.1) is 0 Å². The third kappa shape index (κ3) is 3.66. The third-order valence-corrected chi connectivity index (χ3v) is 3.20. The van der Waals surface area contributed by atoms with Crippen molar-refractivity contribution < 1.29 is 8.78 Å². The standard InChI is InChI=1S/C14H12F2IN/c15-14(16)11-4-1-3-10(7-11)9-18-13-6-2-5-12(17)8-13/h1-8,14,18H,9H2. The van der Waals surface area contributed by atoms with Gasteiger partial charge in [-0.2, -0.15) is 0 Å². The number of hydrogen-bond donors (Lipinski definition) is 1. The smallest absolute Gasteiger partial charge is 0.263 e. The Kier molecular flexibility index (Phi) is 4.52. The van der Waals surface area contributed by atoms with Crippen molar-refractivity contribution in [2.24, 2.45) is 0 Å². The van der Waals surface area contributed by atoms with Gasteiger partial charge in [-0.3, -0.25) is 0 Å². The molecule has 0 spiro atoms. The number of benzene rings is 2. The highest BCUT2D eigenvalue weighted by molar-refractivity contribution is 14.1. The predicted octanol–water partition coefficient (Wildman–Crippen LogP) is 4.84. The van der Waals surface area contributed by atoms with Crippen LogP contribution in [0.15, 0.2) is 48.5 Å². The molecule has 0 aliphatic rings. The molecule has 0 amide bonds. The van der Waals surface area contributed by atoms with E-state index in [1.54, 1.807) is 6.07 Å². The van der Waals surface area contributed by atoms with Crippen molar-refractivity contribution in [2.45, 2.75) is 13.0 Å². The average molecular weight is 359 g/mol. The first-order chi connectivity index (χ1) is 8.65. The fourth-order valence-electron chi connectivity index (χ4n) is 1.64. The first kappa shape index (κ1) is 13.3. The Labute approximate surface area is 118 Å². The van der Waals surface area contributed by atoms with E-state index in [1.807, 2.05) is 30.3 Å². The second-order valence-electron chi connectivity index (χ2n) is 3.91. The topological polar surface area (TPSA) is 12.0 Å². The van der Waals surface area contributed by atoms with Crippen LogP contribution in [0.25, 0.3) is 0 Å². The van der Waals surface area contributed by atoms with E-state index in [0.717, 1.165) is 14.8 Å². The molecular formula is C14H12F2IN. The van der Waals surface area contributed by atoms with E-state index in [2.05, 4.69) is 27.9 Å². The number of anilines is 1. The second kappa shape index (κ2) is 6.13. The fraction of sp³-hybridized carbons (Fsp3) is 0.143. The van der Waals surface area contributed by atoms with E-state index in [0.29, 0.717) is 6.54 Å². The lowest BCUT2D eigenvalue weighted by atomic mass is 10.1. The van der Waals surface area contributed by atoms with Gasteiger partial charge in [0.15, 0.2) is 0 Å². The van der Waals surface area contributed by atoms with Crippen molar-refractivity contribution >= 4 is 28.3 Å². The normalized spacial score (nSPS) is 10.7. The zero-order valence-electron chi connectivity index (χ0n) is 9.54. The molecule has 0 radical (unpaired) electrons. The van der Waals surface area contributed by atoms with E-state index in [4.69, 9.17) is 0 Å². The van der Waals surface area contributed by atoms with Crippen LogP contribution in [0, 0.1) is 3.57 Å². The van der Waals surface area contributed by atoms with Crippen LogP contribution in [-0.2, 0) is 6.54 Å². The molecule has 0 fully saturated rings. The molecule has 0 aliphatic carbocycles. The lowest BCUT2D eigenvalue weighted by molar-refractivity contribution is 0.151. The Hall–Kier alpha value is -1.17. The Bertz CT molecular complexity index is 529. The molecule has 18 heavy (non-hydrogen) atoms. The summed E-state index contributed by atoms with van der Waals surface area (Å²) in [5.74, 6) is 0. The highest BCUT2D eigenvalue weighted by atomic mass is 127. The summed E-state index contributed by atoms with van der Waals surface area (Å²) in [6.07, 6.45) is -2.41. The van der Waals surface area contributed by atoms with Gasteiger partial charge in [-0.25, -0.2) is 8.78 Å². The van der Waals surface area contributed by atoms with Gasteiger partial charge in [0.1, 0.15) is 0 Å². The molecule has 0 atom stereocenters. The lowest BCUT2D eigenvalue weighted by Gasteiger charge is -2.08. The number of hydrogen-bond acceptors (Lipinski definition) is 1. The van der Waals surface area contributed by atoms with Gasteiger partial charge in [0.25, 0.3) is 6.43 Å². The summed E-state index contributed by atoms with van der Waals surface area (Å²) in [5, 5.41) is 3.22. The van der Waals surface area contributed by atoms with Gasteiger partial charge >= 0.3 is 0 Å². The summed E-state index contributed by atoms with van der Waals surface area (Å²) in [5.41, 5.74) is 1.91. The minimum atomic E-state index is -2.41. The number of halogens is 3. The van der Waals surface area contributed by atoms with Crippen LogP contribution in [-0.4, -0.2) is 0 Å². The molecule has 2 aromatic rings. The average Bonchev–Trinajstić information content (AvgIpc) is 2.37. The molecule has 0 unspecified atom stereocenters. The number of rotatable bonds is 4.